The van der Waals surface area contributed by atoms with Crippen molar-refractivity contribution < 1.29 is 14.3 Å². The molecule has 5 heteroatoms. The van der Waals surface area contributed by atoms with Gasteiger partial charge in [0.1, 0.15) is 11.5 Å². The molecule has 5 nitrogen and oxygen atoms in total. The quantitative estimate of drug-likeness (QED) is 0.728. The van der Waals surface area contributed by atoms with Crippen molar-refractivity contribution in [3.63, 3.8) is 0 Å². The van der Waals surface area contributed by atoms with Crippen molar-refractivity contribution in [2.24, 2.45) is 5.41 Å². The Morgan fingerprint density at radius 1 is 1.42 bits per heavy atom. The number of nitrogens with zero attached hydrogens (tertiary/aromatic N) is 2. The second kappa shape index (κ2) is 6.55. The summed E-state index contributed by atoms with van der Waals surface area (Å²) in [5.41, 5.74) is -1.05. The summed E-state index contributed by atoms with van der Waals surface area (Å²) in [6.07, 6.45) is 2.83. The zero-order valence-electron chi connectivity index (χ0n) is 11.9. The van der Waals surface area contributed by atoms with Gasteiger partial charge in [-0.2, -0.15) is 5.26 Å². The minimum atomic E-state index is -1.05. The molecule has 2 atom stereocenters. The van der Waals surface area contributed by atoms with E-state index in [9.17, 15) is 14.9 Å². The lowest BCUT2D eigenvalue weighted by Crippen LogP contribution is -2.53. The molecule has 1 saturated heterocycles. The van der Waals surface area contributed by atoms with Gasteiger partial charge in [0.05, 0.1) is 12.7 Å². The lowest BCUT2D eigenvalue weighted by atomic mass is 9.86. The molecule has 0 aromatic heterocycles. The molecule has 0 aromatic carbocycles. The fourth-order valence-corrected chi connectivity index (χ4v) is 2.25. The number of likely N-dealkylation sites (tertiary alicyclic amines) is 1. The predicted octanol–water partition coefficient (Wildman–Crippen LogP) is 1.87. The highest BCUT2D eigenvalue weighted by molar-refractivity contribution is 5.89. The monoisotopic (exact) mass is 266 g/mol. The Labute approximate surface area is 114 Å². The maximum atomic E-state index is 12.5. The molecular formula is C14H22N2O3. The maximum Gasteiger partial charge on any atom is 0.328 e. The van der Waals surface area contributed by atoms with E-state index in [1.165, 1.54) is 4.90 Å². The lowest BCUT2D eigenvalue weighted by Gasteiger charge is -2.37. The number of rotatable bonds is 4. The number of esters is 1. The number of ether oxygens (including phenoxy) is 1. The van der Waals surface area contributed by atoms with Gasteiger partial charge in [0.15, 0.2) is 0 Å². The first-order valence-electron chi connectivity index (χ1n) is 6.89. The van der Waals surface area contributed by atoms with Gasteiger partial charge >= 0.3 is 5.97 Å². The number of piperidine rings is 1. The molecule has 1 rings (SSSR count). The molecule has 0 aromatic rings. The zero-order chi connectivity index (χ0) is 14.5. The van der Waals surface area contributed by atoms with E-state index >= 15 is 0 Å². The summed E-state index contributed by atoms with van der Waals surface area (Å²) in [6.45, 7) is 6.02. The molecule has 1 heterocycles. The van der Waals surface area contributed by atoms with E-state index in [2.05, 4.69) is 6.07 Å². The van der Waals surface area contributed by atoms with Crippen LogP contribution in [0.15, 0.2) is 0 Å². The Bertz CT molecular complexity index is 389. The van der Waals surface area contributed by atoms with Gasteiger partial charge in [-0.3, -0.25) is 4.79 Å². The van der Waals surface area contributed by atoms with Gasteiger partial charge in [0.2, 0.25) is 5.91 Å². The summed E-state index contributed by atoms with van der Waals surface area (Å²) in [7, 11) is 0. The van der Waals surface area contributed by atoms with E-state index in [0.29, 0.717) is 26.0 Å². The highest BCUT2D eigenvalue weighted by Gasteiger charge is 2.41. The Morgan fingerprint density at radius 3 is 2.63 bits per heavy atom. The fourth-order valence-electron chi connectivity index (χ4n) is 2.25. The smallest absolute Gasteiger partial charge is 0.328 e. The van der Waals surface area contributed by atoms with Crippen molar-refractivity contribution in [1.82, 2.24) is 4.90 Å². The maximum absolute atomic E-state index is 12.5. The normalized spacial score (nSPS) is 22.2. The van der Waals surface area contributed by atoms with E-state index < -0.39 is 11.5 Å². The van der Waals surface area contributed by atoms with Crippen LogP contribution >= 0.6 is 0 Å². The van der Waals surface area contributed by atoms with Crippen LogP contribution in [0.5, 0.6) is 0 Å². The first-order chi connectivity index (χ1) is 9.00. The van der Waals surface area contributed by atoms with Crippen molar-refractivity contribution in [3.05, 3.63) is 0 Å². The third-order valence-electron chi connectivity index (χ3n) is 3.75. The predicted molar refractivity (Wildman–Crippen MR) is 70.0 cm³/mol. The van der Waals surface area contributed by atoms with Gasteiger partial charge in [-0.15, -0.1) is 0 Å². The molecule has 0 aliphatic carbocycles. The van der Waals surface area contributed by atoms with Crippen molar-refractivity contribution >= 4 is 11.9 Å². The topological polar surface area (TPSA) is 70.4 Å². The third kappa shape index (κ3) is 3.25. The Balaban J connectivity index is 2.91. The molecule has 19 heavy (non-hydrogen) atoms. The first kappa shape index (κ1) is 15.5. The molecule has 1 aliphatic heterocycles. The molecule has 0 radical (unpaired) electrons. The van der Waals surface area contributed by atoms with Gasteiger partial charge in [0, 0.05) is 6.54 Å². The van der Waals surface area contributed by atoms with Crippen molar-refractivity contribution in [2.45, 2.75) is 52.5 Å². The molecule has 1 amide bonds. The minimum absolute atomic E-state index is 0.254. The molecule has 0 spiro atoms. The Morgan fingerprint density at radius 2 is 2.11 bits per heavy atom. The number of hydrogen-bond donors (Lipinski definition) is 0. The molecule has 0 saturated carbocycles. The Kier molecular flexibility index (Phi) is 5.34. The van der Waals surface area contributed by atoms with Gasteiger partial charge in [0.25, 0.3) is 0 Å². The largest absolute Gasteiger partial charge is 0.464 e. The zero-order valence-corrected chi connectivity index (χ0v) is 11.9. The number of carbonyl (C=O) groups is 2. The average molecular weight is 266 g/mol. The second-order valence-corrected chi connectivity index (χ2v) is 5.06. The highest BCUT2D eigenvalue weighted by Crippen LogP contribution is 2.28. The molecule has 1 aliphatic rings. The standard InChI is InChI=1S/C14H22N2O3/c1-4-14(3,10-15)13(18)16-9-7-6-8-11(16)12(17)19-5-2/h11H,4-9H2,1-3H3. The van der Waals surface area contributed by atoms with Crippen LogP contribution in [0.2, 0.25) is 0 Å². The summed E-state index contributed by atoms with van der Waals surface area (Å²) in [5.74, 6) is -0.609. The fraction of sp³-hybridized carbons (Fsp3) is 0.786. The van der Waals surface area contributed by atoms with Crippen molar-refractivity contribution in [3.8, 4) is 6.07 Å². The van der Waals surface area contributed by atoms with Gasteiger partial charge in [-0.1, -0.05) is 6.92 Å². The summed E-state index contributed by atoms with van der Waals surface area (Å²) in [4.78, 5) is 26.0. The van der Waals surface area contributed by atoms with Crippen LogP contribution in [0.1, 0.15) is 46.5 Å². The van der Waals surface area contributed by atoms with E-state index in [0.717, 1.165) is 12.8 Å². The summed E-state index contributed by atoms with van der Waals surface area (Å²) >= 11 is 0. The second-order valence-electron chi connectivity index (χ2n) is 5.06. The highest BCUT2D eigenvalue weighted by atomic mass is 16.5. The van der Waals surface area contributed by atoms with Crippen molar-refractivity contribution in [1.29, 1.82) is 5.26 Å². The molecule has 2 unspecified atom stereocenters. The third-order valence-corrected chi connectivity index (χ3v) is 3.75. The van der Waals surface area contributed by atoms with Crippen LogP contribution < -0.4 is 0 Å². The Hall–Kier alpha value is -1.57. The molecule has 0 bridgehead atoms. The summed E-state index contributed by atoms with van der Waals surface area (Å²) in [6, 6.07) is 1.55. The van der Waals surface area contributed by atoms with Crippen LogP contribution in [-0.4, -0.2) is 36.0 Å². The van der Waals surface area contributed by atoms with Gasteiger partial charge in [-0.25, -0.2) is 4.79 Å². The van der Waals surface area contributed by atoms with Crippen LogP contribution in [0.25, 0.3) is 0 Å². The van der Waals surface area contributed by atoms with Gasteiger partial charge in [-0.05, 0) is 39.5 Å². The minimum Gasteiger partial charge on any atom is -0.464 e. The van der Waals surface area contributed by atoms with Crippen LogP contribution in [-0.2, 0) is 14.3 Å². The SMILES string of the molecule is CCOC(=O)C1CCCCN1C(=O)C(C)(C#N)CC. The summed E-state index contributed by atoms with van der Waals surface area (Å²) < 4.78 is 5.03. The molecular weight excluding hydrogens is 244 g/mol. The first-order valence-corrected chi connectivity index (χ1v) is 6.89. The summed E-state index contributed by atoms with van der Waals surface area (Å²) in [5, 5.41) is 9.20. The number of nitriles is 1. The number of carbonyl (C=O) groups excluding carboxylic acids is 2. The van der Waals surface area contributed by atoms with Gasteiger partial charge < -0.3 is 9.64 Å². The van der Waals surface area contributed by atoms with Crippen LogP contribution in [0, 0.1) is 16.7 Å². The van der Waals surface area contributed by atoms with Crippen LogP contribution in [0.3, 0.4) is 0 Å². The molecule has 1 fully saturated rings. The van der Waals surface area contributed by atoms with E-state index in [1.54, 1.807) is 13.8 Å². The number of amides is 1. The van der Waals surface area contributed by atoms with E-state index in [4.69, 9.17) is 4.74 Å². The van der Waals surface area contributed by atoms with E-state index in [-0.39, 0.29) is 11.9 Å². The van der Waals surface area contributed by atoms with Crippen molar-refractivity contribution in [2.75, 3.05) is 13.2 Å². The average Bonchev–Trinajstić information content (AvgIpc) is 2.45. The van der Waals surface area contributed by atoms with Crippen LogP contribution in [0.4, 0.5) is 0 Å². The molecule has 106 valence electrons. The van der Waals surface area contributed by atoms with E-state index in [1.807, 2.05) is 6.92 Å². The number of hydrogen-bond acceptors (Lipinski definition) is 4. The molecule has 0 N–H and O–H groups in total. The lowest BCUT2D eigenvalue weighted by molar-refractivity contribution is -0.159.